The van der Waals surface area contributed by atoms with Crippen LogP contribution in [0.2, 0.25) is 0 Å². The number of imide groups is 1. The maximum atomic E-state index is 12.2. The van der Waals surface area contributed by atoms with Gasteiger partial charge < -0.3 is 19.5 Å². The monoisotopic (exact) mass is 594 g/mol. The van der Waals surface area contributed by atoms with Crippen molar-refractivity contribution in [2.45, 2.75) is 78.2 Å². The third kappa shape index (κ3) is 7.48. The smallest absolute Gasteiger partial charge is 0.293 e. The Balaban J connectivity index is 1.32. The van der Waals surface area contributed by atoms with E-state index < -0.39 is 5.60 Å². The SMILES string of the molecule is Cc1c(C)c2c(c(C)c1NCCCCCCCOC=O)CCC(C)(COc1ccc(/C=C3\SC(=O)N(C)C3=O)cc1)O2. The Morgan fingerprint density at radius 1 is 1.02 bits per heavy atom. The number of unbranched alkanes of at least 4 members (excludes halogenated alkanes) is 4. The molecule has 2 aliphatic rings. The van der Waals surface area contributed by atoms with Gasteiger partial charge in [-0.15, -0.1) is 0 Å². The van der Waals surface area contributed by atoms with Gasteiger partial charge in [-0.25, -0.2) is 0 Å². The van der Waals surface area contributed by atoms with E-state index in [4.69, 9.17) is 14.2 Å². The van der Waals surface area contributed by atoms with Crippen LogP contribution in [0.15, 0.2) is 29.2 Å². The van der Waals surface area contributed by atoms with Gasteiger partial charge in [-0.3, -0.25) is 19.3 Å². The van der Waals surface area contributed by atoms with Crippen LogP contribution in [0.5, 0.6) is 11.5 Å². The van der Waals surface area contributed by atoms with Crippen LogP contribution in [-0.2, 0) is 20.7 Å². The van der Waals surface area contributed by atoms with Crippen LogP contribution >= 0.6 is 11.8 Å². The van der Waals surface area contributed by atoms with Crippen LogP contribution < -0.4 is 14.8 Å². The summed E-state index contributed by atoms with van der Waals surface area (Å²) in [5.41, 5.74) is 6.52. The largest absolute Gasteiger partial charge is 0.489 e. The summed E-state index contributed by atoms with van der Waals surface area (Å²) >= 11 is 0.952. The van der Waals surface area contributed by atoms with Gasteiger partial charge in [0.25, 0.3) is 17.6 Å². The molecule has 1 saturated heterocycles. The van der Waals surface area contributed by atoms with Crippen molar-refractivity contribution in [2.24, 2.45) is 0 Å². The number of hydrogen-bond acceptors (Lipinski definition) is 8. The number of benzene rings is 2. The number of thioether (sulfide) groups is 1. The molecule has 1 fully saturated rings. The van der Waals surface area contributed by atoms with Crippen molar-refractivity contribution in [3.63, 3.8) is 0 Å². The average Bonchev–Trinajstić information content (AvgIpc) is 3.22. The molecule has 226 valence electrons. The van der Waals surface area contributed by atoms with Gasteiger partial charge in [0.15, 0.2) is 0 Å². The van der Waals surface area contributed by atoms with E-state index in [-0.39, 0.29) is 11.1 Å². The van der Waals surface area contributed by atoms with Gasteiger partial charge >= 0.3 is 0 Å². The van der Waals surface area contributed by atoms with Crippen LogP contribution in [0.25, 0.3) is 6.08 Å². The Morgan fingerprint density at radius 3 is 2.43 bits per heavy atom. The van der Waals surface area contributed by atoms with Crippen molar-refractivity contribution in [1.82, 2.24) is 4.90 Å². The fourth-order valence-corrected chi connectivity index (χ4v) is 6.20. The van der Waals surface area contributed by atoms with Crippen molar-refractivity contribution in [2.75, 3.05) is 32.1 Å². The summed E-state index contributed by atoms with van der Waals surface area (Å²) in [6.45, 7) is 11.0. The van der Waals surface area contributed by atoms with Crippen molar-refractivity contribution in [3.05, 3.63) is 57.0 Å². The highest BCUT2D eigenvalue weighted by atomic mass is 32.2. The van der Waals surface area contributed by atoms with Crippen LogP contribution in [0.3, 0.4) is 0 Å². The molecule has 1 N–H and O–H groups in total. The Bertz CT molecular complexity index is 1340. The number of amides is 2. The Hall–Kier alpha value is -3.46. The molecule has 2 heterocycles. The zero-order chi connectivity index (χ0) is 30.3. The normalized spacial score (nSPS) is 19.1. The van der Waals surface area contributed by atoms with Crippen LogP contribution in [-0.4, -0.2) is 54.9 Å². The van der Waals surface area contributed by atoms with Gasteiger partial charge in [0.1, 0.15) is 23.7 Å². The first-order chi connectivity index (χ1) is 20.1. The molecule has 2 aliphatic heterocycles. The van der Waals surface area contributed by atoms with Crippen LogP contribution in [0.4, 0.5) is 10.5 Å². The number of rotatable bonds is 14. The quantitative estimate of drug-likeness (QED) is 0.142. The van der Waals surface area contributed by atoms with Gasteiger partial charge in [0.2, 0.25) is 0 Å². The fourth-order valence-electron chi connectivity index (χ4n) is 5.37. The minimum absolute atomic E-state index is 0.260. The summed E-state index contributed by atoms with van der Waals surface area (Å²) in [6.07, 6.45) is 8.89. The second-order valence-corrected chi connectivity index (χ2v) is 12.4. The van der Waals surface area contributed by atoms with E-state index in [1.807, 2.05) is 24.3 Å². The number of hydrogen-bond donors (Lipinski definition) is 1. The van der Waals surface area contributed by atoms with E-state index in [2.05, 4.69) is 33.0 Å². The number of carbonyl (C=O) groups is 3. The molecule has 0 aromatic heterocycles. The average molecular weight is 595 g/mol. The van der Waals surface area contributed by atoms with Gasteiger partial charge in [-0.05, 0) is 111 Å². The van der Waals surface area contributed by atoms with E-state index in [1.165, 1.54) is 35.0 Å². The fraction of sp³-hybridized carbons (Fsp3) is 0.485. The molecule has 0 aliphatic carbocycles. The number of anilines is 1. The van der Waals surface area contributed by atoms with Crippen molar-refractivity contribution >= 4 is 41.1 Å². The molecule has 1 atom stereocenters. The first-order valence-electron chi connectivity index (χ1n) is 14.7. The second kappa shape index (κ2) is 14.1. The number of fused-ring (bicyclic) bond motifs is 1. The summed E-state index contributed by atoms with van der Waals surface area (Å²) in [5.74, 6) is 1.43. The lowest BCUT2D eigenvalue weighted by molar-refractivity contribution is -0.128. The number of nitrogens with zero attached hydrogens (tertiary/aromatic N) is 1. The molecule has 0 saturated carbocycles. The zero-order valence-corrected chi connectivity index (χ0v) is 26.2. The molecule has 1 unspecified atom stereocenters. The van der Waals surface area contributed by atoms with Crippen LogP contribution in [0, 0.1) is 20.8 Å². The van der Waals surface area contributed by atoms with Gasteiger partial charge in [0, 0.05) is 19.3 Å². The lowest BCUT2D eigenvalue weighted by atomic mass is 9.87. The van der Waals surface area contributed by atoms with Crippen molar-refractivity contribution < 1.29 is 28.6 Å². The third-order valence-corrected chi connectivity index (χ3v) is 9.11. The lowest BCUT2D eigenvalue weighted by Gasteiger charge is -2.38. The second-order valence-electron chi connectivity index (χ2n) is 11.4. The Morgan fingerprint density at radius 2 is 1.74 bits per heavy atom. The molecular weight excluding hydrogens is 552 g/mol. The minimum atomic E-state index is -0.457. The Labute approximate surface area is 253 Å². The maximum Gasteiger partial charge on any atom is 0.293 e. The highest BCUT2D eigenvalue weighted by Gasteiger charge is 2.35. The van der Waals surface area contributed by atoms with Crippen molar-refractivity contribution in [3.8, 4) is 11.5 Å². The van der Waals surface area contributed by atoms with E-state index in [0.717, 1.165) is 85.2 Å². The first-order valence-corrected chi connectivity index (χ1v) is 15.5. The predicted octanol–water partition coefficient (Wildman–Crippen LogP) is 6.98. The minimum Gasteiger partial charge on any atom is -0.489 e. The van der Waals surface area contributed by atoms with E-state index in [9.17, 15) is 14.4 Å². The first kappa shape index (κ1) is 31.5. The predicted molar refractivity (Wildman–Crippen MR) is 167 cm³/mol. The number of ether oxygens (including phenoxy) is 3. The summed E-state index contributed by atoms with van der Waals surface area (Å²) in [4.78, 5) is 35.6. The van der Waals surface area contributed by atoms with Gasteiger partial charge in [-0.2, -0.15) is 0 Å². The molecule has 0 radical (unpaired) electrons. The molecule has 42 heavy (non-hydrogen) atoms. The highest BCUT2D eigenvalue weighted by Crippen LogP contribution is 2.43. The topological polar surface area (TPSA) is 94.2 Å². The number of carbonyl (C=O) groups excluding carboxylic acids is 3. The third-order valence-electron chi connectivity index (χ3n) is 8.15. The number of nitrogens with one attached hydrogen (secondary N) is 1. The maximum absolute atomic E-state index is 12.2. The number of likely N-dealkylation sites (N-methyl/N-ethyl adjacent to an activating group) is 1. The molecule has 4 rings (SSSR count). The van der Waals surface area contributed by atoms with E-state index in [1.54, 1.807) is 6.08 Å². The molecule has 2 amide bonds. The summed E-state index contributed by atoms with van der Waals surface area (Å²) < 4.78 is 17.6. The molecule has 2 aromatic carbocycles. The molecule has 9 heteroatoms. The zero-order valence-electron chi connectivity index (χ0n) is 25.3. The van der Waals surface area contributed by atoms with E-state index >= 15 is 0 Å². The summed E-state index contributed by atoms with van der Waals surface area (Å²) in [7, 11) is 1.49. The molecule has 8 nitrogen and oxygen atoms in total. The molecular formula is C33H42N2O6S. The van der Waals surface area contributed by atoms with Crippen molar-refractivity contribution in [1.29, 1.82) is 0 Å². The lowest BCUT2D eigenvalue weighted by Crippen LogP contribution is -2.42. The van der Waals surface area contributed by atoms with Gasteiger partial charge in [0.05, 0.1) is 11.5 Å². The molecule has 2 aromatic rings. The molecule has 0 bridgehead atoms. The highest BCUT2D eigenvalue weighted by molar-refractivity contribution is 8.18. The van der Waals surface area contributed by atoms with Crippen LogP contribution in [0.1, 0.15) is 73.3 Å². The van der Waals surface area contributed by atoms with E-state index in [0.29, 0.717) is 24.6 Å². The summed E-state index contributed by atoms with van der Waals surface area (Å²) in [5, 5.41) is 3.43. The van der Waals surface area contributed by atoms with Gasteiger partial charge in [-0.1, -0.05) is 31.4 Å². The summed E-state index contributed by atoms with van der Waals surface area (Å²) in [6, 6.07) is 7.52. The standard InChI is InChI=1S/C33H42N2O6S/c1-22-23(2)30-27(24(3)29(22)34-17-9-7-6-8-10-18-39-21-36)15-16-33(4,41-30)20-40-26-13-11-25(12-14-26)19-28-31(37)35(5)32(38)42-28/h11-14,19,21,34H,6-10,15-18,20H2,1-5H3/b28-19-. The Kier molecular flexibility index (Phi) is 10.6. The molecule has 0 spiro atoms.